The number of rotatable bonds is 8. The molecule has 0 rings (SSSR count). The third-order valence-electron chi connectivity index (χ3n) is 3.54. The molecule has 0 amide bonds. The van der Waals surface area contributed by atoms with Crippen LogP contribution in [-0.4, -0.2) is 21.2 Å². The number of carbonyl (C=O) groups excluding carboxylic acids is 1. The first kappa shape index (κ1) is 16.5. The molecule has 0 aromatic heterocycles. The van der Waals surface area contributed by atoms with Crippen LogP contribution in [0.3, 0.4) is 0 Å². The second-order valence-corrected chi connectivity index (χ2v) is 10.2. The Morgan fingerprint density at radius 1 is 1.41 bits per heavy atom. The summed E-state index contributed by atoms with van der Waals surface area (Å²) in [6.07, 6.45) is 4.26. The first-order chi connectivity index (χ1) is 7.77. The molecule has 0 spiro atoms. The summed E-state index contributed by atoms with van der Waals surface area (Å²) in [6.45, 7) is 11.5. The molecule has 0 atom stereocenters. The minimum atomic E-state index is -1.77. The van der Waals surface area contributed by atoms with Crippen LogP contribution in [0.5, 0.6) is 0 Å². The Morgan fingerprint density at radius 3 is 2.47 bits per heavy atom. The summed E-state index contributed by atoms with van der Waals surface area (Å²) < 4.78 is 18.5. The van der Waals surface area contributed by atoms with E-state index >= 15 is 0 Å². The van der Waals surface area contributed by atoms with E-state index in [1.54, 1.807) is 0 Å². The van der Waals surface area contributed by atoms with Gasteiger partial charge in [0.25, 0.3) is 0 Å². The number of carbonyl (C=O) groups is 1. The second kappa shape index (κ2) is 7.06. The van der Waals surface area contributed by atoms with Gasteiger partial charge < -0.3 is 4.43 Å². The zero-order valence-corrected chi connectivity index (χ0v) is 12.7. The summed E-state index contributed by atoms with van der Waals surface area (Å²) in [5.74, 6) is -0.708. The van der Waals surface area contributed by atoms with Gasteiger partial charge in [0, 0.05) is 6.61 Å². The average molecular weight is 260 g/mol. The van der Waals surface area contributed by atoms with E-state index in [-0.39, 0.29) is 11.3 Å². The van der Waals surface area contributed by atoms with Gasteiger partial charge >= 0.3 is 0 Å². The normalized spacial score (nSPS) is 13.9. The lowest BCUT2D eigenvalue weighted by molar-refractivity contribution is -0.106. The average Bonchev–Trinajstić information content (AvgIpc) is 2.23. The van der Waals surface area contributed by atoms with Crippen molar-refractivity contribution in [2.75, 3.05) is 6.61 Å². The molecule has 0 aliphatic heterocycles. The van der Waals surface area contributed by atoms with Crippen LogP contribution < -0.4 is 0 Å². The van der Waals surface area contributed by atoms with Gasteiger partial charge in [0.1, 0.15) is 0 Å². The zero-order chi connectivity index (χ0) is 13.5. The summed E-state index contributed by atoms with van der Waals surface area (Å²) >= 11 is 0. The predicted octanol–water partition coefficient (Wildman–Crippen LogP) is 4.23. The van der Waals surface area contributed by atoms with Gasteiger partial charge in [0.05, 0.1) is 0 Å². The summed E-state index contributed by atoms with van der Waals surface area (Å²) in [5, 5.41) is 0.217. The van der Waals surface area contributed by atoms with Crippen molar-refractivity contribution in [3.63, 3.8) is 0 Å². The fraction of sp³-hybridized carbons (Fsp3) is 0.769. The largest absolute Gasteiger partial charge is 0.417 e. The summed E-state index contributed by atoms with van der Waals surface area (Å²) in [7, 11) is -1.77. The zero-order valence-electron chi connectivity index (χ0n) is 11.7. The Hall–Kier alpha value is -0.483. The maximum atomic E-state index is 12.6. The molecule has 0 aromatic rings. The monoisotopic (exact) mass is 260 g/mol. The Labute approximate surface area is 105 Å². The van der Waals surface area contributed by atoms with E-state index in [0.717, 1.165) is 12.8 Å². The van der Waals surface area contributed by atoms with Gasteiger partial charge in [-0.2, -0.15) is 0 Å². The lowest BCUT2D eigenvalue weighted by atomic mass is 10.1. The smallest absolute Gasteiger partial charge is 0.192 e. The molecule has 17 heavy (non-hydrogen) atoms. The molecule has 0 aliphatic rings. The highest BCUT2D eigenvalue weighted by Crippen LogP contribution is 2.41. The highest BCUT2D eigenvalue weighted by Gasteiger charge is 2.39. The maximum absolute atomic E-state index is 12.6. The van der Waals surface area contributed by atoms with Crippen LogP contribution in [0.1, 0.15) is 40.0 Å². The second-order valence-electron chi connectivity index (χ2n) is 5.49. The van der Waals surface area contributed by atoms with Crippen LogP contribution >= 0.6 is 0 Å². The number of halogens is 1. The summed E-state index contributed by atoms with van der Waals surface area (Å²) in [5.41, 5.74) is 0. The third kappa shape index (κ3) is 5.59. The van der Waals surface area contributed by atoms with Crippen molar-refractivity contribution in [3.8, 4) is 0 Å². The Kier molecular flexibility index (Phi) is 6.86. The topological polar surface area (TPSA) is 26.3 Å². The summed E-state index contributed by atoms with van der Waals surface area (Å²) in [4.78, 5) is 10.1. The number of hydrogen-bond acceptors (Lipinski definition) is 2. The van der Waals surface area contributed by atoms with Gasteiger partial charge in [-0.05, 0) is 37.0 Å². The van der Waals surface area contributed by atoms with Crippen LogP contribution in [0, 0.1) is 0 Å². The van der Waals surface area contributed by atoms with Crippen LogP contribution in [0.25, 0.3) is 0 Å². The first-order valence-corrected chi connectivity index (χ1v) is 9.12. The molecule has 4 heteroatoms. The molecule has 2 nitrogen and oxygen atoms in total. The molecular weight excluding hydrogens is 235 g/mol. The molecular formula is C13H25FO2Si. The quantitative estimate of drug-likeness (QED) is 0.282. The van der Waals surface area contributed by atoms with Crippen molar-refractivity contribution in [1.29, 1.82) is 0 Å². The van der Waals surface area contributed by atoms with Gasteiger partial charge in [-0.25, -0.2) is 4.39 Å². The fourth-order valence-corrected chi connectivity index (χ4v) is 3.55. The number of hydrogen-bond donors (Lipinski definition) is 0. The Morgan fingerprint density at radius 2 is 2.00 bits per heavy atom. The van der Waals surface area contributed by atoms with Gasteiger partial charge in [0.2, 0.25) is 0 Å². The van der Waals surface area contributed by atoms with E-state index in [1.165, 1.54) is 6.08 Å². The molecule has 0 unspecified atom stereocenters. The molecule has 0 aliphatic carbocycles. The van der Waals surface area contributed by atoms with E-state index in [9.17, 15) is 9.18 Å². The molecule has 100 valence electrons. The molecule has 0 radical (unpaired) electrons. The van der Waals surface area contributed by atoms with E-state index in [1.807, 2.05) is 0 Å². The lowest BCUT2D eigenvalue weighted by Crippen LogP contribution is -2.42. The van der Waals surface area contributed by atoms with Crippen molar-refractivity contribution >= 4 is 14.6 Å². The molecule has 0 aromatic carbocycles. The van der Waals surface area contributed by atoms with Crippen molar-refractivity contribution in [2.45, 2.75) is 58.2 Å². The maximum Gasteiger partial charge on any atom is 0.192 e. The van der Waals surface area contributed by atoms with Crippen molar-refractivity contribution in [1.82, 2.24) is 0 Å². The molecule has 0 saturated carbocycles. The molecule has 0 fully saturated rings. The fourth-order valence-electron chi connectivity index (χ4n) is 1.68. The van der Waals surface area contributed by atoms with E-state index in [4.69, 9.17) is 4.43 Å². The Balaban J connectivity index is 4.22. The standard InChI is InChI=1S/C13H25FO2Si/c1-6-9-13(2,3)17(4,5)16-10-7-8-12(14)11-15/h8,11H,6-7,9-10H2,1-5H3/b12-8-. The predicted molar refractivity (Wildman–Crippen MR) is 72.3 cm³/mol. The van der Waals surface area contributed by atoms with E-state index in [2.05, 4.69) is 33.9 Å². The summed E-state index contributed by atoms with van der Waals surface area (Å²) in [6, 6.07) is 0. The van der Waals surface area contributed by atoms with Crippen LogP contribution in [0.15, 0.2) is 11.9 Å². The SMILES string of the molecule is CCCC(C)(C)[Si](C)(C)OCC/C=C(\F)C=O. The van der Waals surface area contributed by atoms with Crippen LogP contribution in [0.4, 0.5) is 4.39 Å². The molecule has 0 N–H and O–H groups in total. The molecule has 0 bridgehead atoms. The van der Waals surface area contributed by atoms with E-state index in [0.29, 0.717) is 13.0 Å². The van der Waals surface area contributed by atoms with Gasteiger partial charge in [-0.15, -0.1) is 0 Å². The number of allylic oxidation sites excluding steroid dienone is 1. The van der Waals surface area contributed by atoms with Crippen LogP contribution in [0.2, 0.25) is 18.1 Å². The number of aldehydes is 1. The minimum absolute atomic E-state index is 0.217. The molecule has 0 saturated heterocycles. The highest BCUT2D eigenvalue weighted by molar-refractivity contribution is 6.74. The first-order valence-electron chi connectivity index (χ1n) is 6.21. The van der Waals surface area contributed by atoms with Crippen molar-refractivity contribution in [2.24, 2.45) is 0 Å². The third-order valence-corrected chi connectivity index (χ3v) is 7.97. The van der Waals surface area contributed by atoms with Gasteiger partial charge in [-0.3, -0.25) is 4.79 Å². The van der Waals surface area contributed by atoms with Crippen molar-refractivity contribution < 1.29 is 13.6 Å². The Bertz CT molecular complexity index is 273. The van der Waals surface area contributed by atoms with Crippen molar-refractivity contribution in [3.05, 3.63) is 11.9 Å². The highest BCUT2D eigenvalue weighted by atomic mass is 28.4. The lowest BCUT2D eigenvalue weighted by Gasteiger charge is -2.39. The van der Waals surface area contributed by atoms with Gasteiger partial charge in [-0.1, -0.05) is 27.2 Å². The molecule has 0 heterocycles. The van der Waals surface area contributed by atoms with Gasteiger partial charge in [0.15, 0.2) is 20.4 Å². The van der Waals surface area contributed by atoms with E-state index < -0.39 is 14.1 Å². The minimum Gasteiger partial charge on any atom is -0.417 e. The van der Waals surface area contributed by atoms with Crippen LogP contribution in [-0.2, 0) is 9.22 Å².